The van der Waals surface area contributed by atoms with Crippen molar-refractivity contribution in [3.05, 3.63) is 47.3 Å². The second-order valence-electron chi connectivity index (χ2n) is 3.66. The first kappa shape index (κ1) is 12.0. The predicted octanol–water partition coefficient (Wildman–Crippen LogP) is 0.475. The van der Waals surface area contributed by atoms with E-state index in [2.05, 4.69) is 5.32 Å². The van der Waals surface area contributed by atoms with Gasteiger partial charge in [-0.25, -0.2) is 0 Å². The standard InChI is InChI=1S/C12H11NO5/c1-7-2-4-18-10(7)11(14)13-6-9-8(12(15)16)3-5-17-9/h2-5H,6H2,1H3,(H,13,14)(H,15,16)/p-1. The molecule has 0 aliphatic heterocycles. The Kier molecular flexibility index (Phi) is 3.18. The predicted molar refractivity (Wildman–Crippen MR) is 57.7 cm³/mol. The van der Waals surface area contributed by atoms with Crippen molar-refractivity contribution in [2.75, 3.05) is 0 Å². The summed E-state index contributed by atoms with van der Waals surface area (Å²) in [4.78, 5) is 22.4. The number of carbonyl (C=O) groups is 2. The molecule has 0 bridgehead atoms. The maximum absolute atomic E-state index is 11.7. The molecule has 0 aromatic carbocycles. The van der Waals surface area contributed by atoms with Gasteiger partial charge in [-0.3, -0.25) is 4.79 Å². The van der Waals surface area contributed by atoms with Crippen molar-refractivity contribution in [1.82, 2.24) is 5.32 Å². The van der Waals surface area contributed by atoms with E-state index in [0.717, 1.165) is 0 Å². The molecule has 6 heteroatoms. The minimum atomic E-state index is -1.35. The van der Waals surface area contributed by atoms with Crippen LogP contribution in [-0.2, 0) is 6.54 Å². The second-order valence-corrected chi connectivity index (χ2v) is 3.66. The van der Waals surface area contributed by atoms with Gasteiger partial charge in [0.15, 0.2) is 5.76 Å². The molecule has 94 valence electrons. The summed E-state index contributed by atoms with van der Waals surface area (Å²) in [6.45, 7) is 1.69. The summed E-state index contributed by atoms with van der Waals surface area (Å²) < 4.78 is 9.96. The summed E-state index contributed by atoms with van der Waals surface area (Å²) in [5, 5.41) is 13.2. The Bertz CT molecular complexity index is 581. The molecular formula is C12H10NO5-. The largest absolute Gasteiger partial charge is 0.545 e. The lowest BCUT2D eigenvalue weighted by atomic mass is 10.2. The van der Waals surface area contributed by atoms with E-state index in [-0.39, 0.29) is 23.6 Å². The number of rotatable bonds is 4. The van der Waals surface area contributed by atoms with Gasteiger partial charge in [0.1, 0.15) is 5.76 Å². The van der Waals surface area contributed by atoms with E-state index in [1.54, 1.807) is 13.0 Å². The topological polar surface area (TPSA) is 95.5 Å². The SMILES string of the molecule is Cc1ccoc1C(=O)NCc1occc1C(=O)[O-]. The number of aryl methyl sites for hydroxylation is 1. The van der Waals surface area contributed by atoms with E-state index in [1.807, 2.05) is 0 Å². The zero-order chi connectivity index (χ0) is 13.1. The van der Waals surface area contributed by atoms with Gasteiger partial charge in [0.25, 0.3) is 5.91 Å². The zero-order valence-electron chi connectivity index (χ0n) is 9.56. The van der Waals surface area contributed by atoms with E-state index in [0.29, 0.717) is 5.56 Å². The highest BCUT2D eigenvalue weighted by Crippen LogP contribution is 2.11. The van der Waals surface area contributed by atoms with Crippen LogP contribution in [0.2, 0.25) is 0 Å². The van der Waals surface area contributed by atoms with E-state index in [1.165, 1.54) is 18.6 Å². The summed E-state index contributed by atoms with van der Waals surface area (Å²) in [6, 6.07) is 2.93. The second kappa shape index (κ2) is 4.79. The van der Waals surface area contributed by atoms with Crippen LogP contribution in [0.1, 0.15) is 32.2 Å². The van der Waals surface area contributed by atoms with Crippen molar-refractivity contribution in [2.24, 2.45) is 0 Å². The summed E-state index contributed by atoms with van der Waals surface area (Å²) in [7, 11) is 0. The summed E-state index contributed by atoms with van der Waals surface area (Å²) >= 11 is 0. The normalized spacial score (nSPS) is 10.3. The molecule has 1 N–H and O–H groups in total. The van der Waals surface area contributed by atoms with Gasteiger partial charge in [-0.2, -0.15) is 0 Å². The maximum Gasteiger partial charge on any atom is 0.287 e. The van der Waals surface area contributed by atoms with Crippen molar-refractivity contribution < 1.29 is 23.5 Å². The molecule has 2 heterocycles. The van der Waals surface area contributed by atoms with Gasteiger partial charge < -0.3 is 24.1 Å². The molecule has 2 aromatic rings. The first-order valence-corrected chi connectivity index (χ1v) is 5.19. The Labute approximate surface area is 102 Å². The number of carboxylic acid groups (broad SMARTS) is 1. The molecule has 0 saturated carbocycles. The molecule has 2 rings (SSSR count). The van der Waals surface area contributed by atoms with Gasteiger partial charge in [0.05, 0.1) is 25.0 Å². The van der Waals surface area contributed by atoms with Crippen LogP contribution in [-0.4, -0.2) is 11.9 Å². The van der Waals surface area contributed by atoms with Gasteiger partial charge in [-0.1, -0.05) is 0 Å². The van der Waals surface area contributed by atoms with Crippen molar-refractivity contribution >= 4 is 11.9 Å². The van der Waals surface area contributed by atoms with Crippen molar-refractivity contribution in [2.45, 2.75) is 13.5 Å². The number of carboxylic acids is 1. The van der Waals surface area contributed by atoms with Crippen molar-refractivity contribution in [3.8, 4) is 0 Å². The number of hydrogen-bond acceptors (Lipinski definition) is 5. The molecule has 0 aliphatic rings. The molecule has 0 fully saturated rings. The van der Waals surface area contributed by atoms with Crippen molar-refractivity contribution in [3.63, 3.8) is 0 Å². The average molecular weight is 248 g/mol. The Morgan fingerprint density at radius 1 is 1.28 bits per heavy atom. The molecule has 6 nitrogen and oxygen atoms in total. The third-order valence-electron chi connectivity index (χ3n) is 2.44. The van der Waals surface area contributed by atoms with Crippen LogP contribution in [0.3, 0.4) is 0 Å². The number of nitrogens with one attached hydrogen (secondary N) is 1. The first-order chi connectivity index (χ1) is 8.59. The molecule has 1 amide bonds. The number of amides is 1. The summed E-state index contributed by atoms with van der Waals surface area (Å²) in [5.41, 5.74) is 0.624. The Morgan fingerprint density at radius 3 is 2.61 bits per heavy atom. The molecule has 0 atom stereocenters. The number of aromatic carboxylic acids is 1. The molecule has 0 radical (unpaired) electrons. The highest BCUT2D eigenvalue weighted by molar-refractivity contribution is 5.93. The zero-order valence-corrected chi connectivity index (χ0v) is 9.56. The molecule has 0 spiro atoms. The number of furan rings is 2. The molecule has 0 unspecified atom stereocenters. The van der Waals surface area contributed by atoms with Gasteiger partial charge in [0, 0.05) is 11.1 Å². The highest BCUT2D eigenvalue weighted by atomic mass is 16.4. The molecule has 0 saturated heterocycles. The van der Waals surface area contributed by atoms with Crippen molar-refractivity contribution in [1.29, 1.82) is 0 Å². The summed E-state index contributed by atoms with van der Waals surface area (Å²) in [6.07, 6.45) is 2.63. The lowest BCUT2D eigenvalue weighted by Gasteiger charge is -2.05. The quantitative estimate of drug-likeness (QED) is 0.848. The summed E-state index contributed by atoms with van der Waals surface area (Å²) in [5.74, 6) is -1.45. The molecular weight excluding hydrogens is 238 g/mol. The van der Waals surface area contributed by atoms with Crippen LogP contribution in [0.5, 0.6) is 0 Å². The first-order valence-electron chi connectivity index (χ1n) is 5.19. The molecule has 2 aromatic heterocycles. The fraction of sp³-hybridized carbons (Fsp3) is 0.167. The third-order valence-corrected chi connectivity index (χ3v) is 2.44. The lowest BCUT2D eigenvalue weighted by Crippen LogP contribution is -2.27. The van der Waals surface area contributed by atoms with Gasteiger partial charge in [-0.05, 0) is 19.1 Å². The van der Waals surface area contributed by atoms with Crippen LogP contribution in [0.15, 0.2) is 33.5 Å². The fourth-order valence-electron chi connectivity index (χ4n) is 1.51. The Hall–Kier alpha value is -2.50. The number of carbonyl (C=O) groups excluding carboxylic acids is 2. The van der Waals surface area contributed by atoms with E-state index < -0.39 is 11.9 Å². The van der Waals surface area contributed by atoms with Crippen LogP contribution in [0.4, 0.5) is 0 Å². The highest BCUT2D eigenvalue weighted by Gasteiger charge is 2.14. The molecule has 18 heavy (non-hydrogen) atoms. The van der Waals surface area contributed by atoms with Crippen LogP contribution < -0.4 is 10.4 Å². The van der Waals surface area contributed by atoms with Gasteiger partial charge in [0.2, 0.25) is 0 Å². The van der Waals surface area contributed by atoms with Gasteiger partial charge >= 0.3 is 0 Å². The van der Waals surface area contributed by atoms with E-state index >= 15 is 0 Å². The van der Waals surface area contributed by atoms with E-state index in [4.69, 9.17) is 8.83 Å². The fourth-order valence-corrected chi connectivity index (χ4v) is 1.51. The van der Waals surface area contributed by atoms with E-state index in [9.17, 15) is 14.7 Å². The van der Waals surface area contributed by atoms with Crippen LogP contribution in [0.25, 0.3) is 0 Å². The lowest BCUT2D eigenvalue weighted by molar-refractivity contribution is -0.255. The van der Waals surface area contributed by atoms with Crippen LogP contribution >= 0.6 is 0 Å². The third kappa shape index (κ3) is 2.27. The number of hydrogen-bond donors (Lipinski definition) is 1. The Balaban J connectivity index is 2.04. The molecule has 0 aliphatic carbocycles. The van der Waals surface area contributed by atoms with Crippen LogP contribution in [0, 0.1) is 6.92 Å². The smallest absolute Gasteiger partial charge is 0.287 e. The Morgan fingerprint density at radius 2 is 2.00 bits per heavy atom. The minimum absolute atomic E-state index is 0.0463. The maximum atomic E-state index is 11.7. The monoisotopic (exact) mass is 248 g/mol. The van der Waals surface area contributed by atoms with Gasteiger partial charge in [-0.15, -0.1) is 0 Å². The average Bonchev–Trinajstić information content (AvgIpc) is 2.94. The minimum Gasteiger partial charge on any atom is -0.545 e.